The van der Waals surface area contributed by atoms with E-state index in [4.69, 9.17) is 0 Å². The van der Waals surface area contributed by atoms with Crippen LogP contribution >= 0.6 is 11.3 Å². The zero-order valence-corrected chi connectivity index (χ0v) is 16.6. The van der Waals surface area contributed by atoms with Gasteiger partial charge in [-0.05, 0) is 30.2 Å². The highest BCUT2D eigenvalue weighted by Gasteiger charge is 2.27. The van der Waals surface area contributed by atoms with Gasteiger partial charge >= 0.3 is 6.03 Å². The van der Waals surface area contributed by atoms with Crippen molar-refractivity contribution < 1.29 is 19.3 Å². The Kier molecular flexibility index (Phi) is 6.84. The van der Waals surface area contributed by atoms with E-state index in [1.54, 1.807) is 0 Å². The van der Waals surface area contributed by atoms with Gasteiger partial charge < -0.3 is 15.1 Å². The Morgan fingerprint density at radius 1 is 1.22 bits per heavy atom. The molecule has 0 bridgehead atoms. The monoisotopic (exact) mass is 393 g/mol. The van der Waals surface area contributed by atoms with Gasteiger partial charge in [0.05, 0.1) is 31.1 Å². The van der Waals surface area contributed by atoms with Crippen LogP contribution in [-0.4, -0.2) is 61.5 Å². The van der Waals surface area contributed by atoms with Crippen molar-refractivity contribution in [3.05, 3.63) is 22.4 Å². The number of nitrogens with zero attached hydrogens (tertiary/aromatic N) is 1. The number of piperazine rings is 1. The average molecular weight is 394 g/mol. The highest BCUT2D eigenvalue weighted by Crippen LogP contribution is 2.23. The minimum Gasteiger partial charge on any atom is -0.335 e. The predicted octanol–water partition coefficient (Wildman–Crippen LogP) is 0.493. The molecular weight excluding hydrogens is 364 g/mol. The topological polar surface area (TPSA) is 82.9 Å². The summed E-state index contributed by atoms with van der Waals surface area (Å²) in [5.74, 6) is 0.262. The van der Waals surface area contributed by atoms with Crippen molar-refractivity contribution in [3.63, 3.8) is 0 Å². The predicted molar refractivity (Wildman–Crippen MR) is 104 cm³/mol. The van der Waals surface area contributed by atoms with Crippen LogP contribution in [0, 0.1) is 5.92 Å². The summed E-state index contributed by atoms with van der Waals surface area (Å²) in [5.41, 5.74) is 0. The second-order valence-electron chi connectivity index (χ2n) is 7.59. The molecule has 0 unspecified atom stereocenters. The number of thiophene rings is 1. The van der Waals surface area contributed by atoms with E-state index >= 15 is 0 Å². The van der Waals surface area contributed by atoms with Crippen LogP contribution in [0.1, 0.15) is 42.3 Å². The zero-order valence-electron chi connectivity index (χ0n) is 15.8. The molecule has 7 nitrogen and oxygen atoms in total. The Morgan fingerprint density at radius 3 is 2.63 bits per heavy atom. The molecule has 1 aliphatic heterocycles. The third-order valence-electron chi connectivity index (χ3n) is 5.58. The SMILES string of the molecule is C[C@H]1CCCC[C@@H]1NC(=O)NC(=O)C[NH+]1CCN(C(=O)c2cccs2)CC1. The first kappa shape index (κ1) is 19.8. The molecule has 2 heterocycles. The fraction of sp³-hybridized carbons (Fsp3) is 0.632. The van der Waals surface area contributed by atoms with Crippen molar-refractivity contribution in [3.8, 4) is 0 Å². The molecule has 1 saturated heterocycles. The zero-order chi connectivity index (χ0) is 19.2. The van der Waals surface area contributed by atoms with Gasteiger partial charge in [0.2, 0.25) is 0 Å². The highest BCUT2D eigenvalue weighted by atomic mass is 32.1. The molecule has 27 heavy (non-hydrogen) atoms. The number of amides is 4. The van der Waals surface area contributed by atoms with Gasteiger partial charge in [-0.25, -0.2) is 4.79 Å². The molecule has 3 rings (SSSR count). The number of quaternary nitrogens is 1. The molecule has 4 amide bonds. The van der Waals surface area contributed by atoms with E-state index in [2.05, 4.69) is 17.6 Å². The highest BCUT2D eigenvalue weighted by molar-refractivity contribution is 7.12. The number of carbonyl (C=O) groups is 3. The fourth-order valence-electron chi connectivity index (χ4n) is 3.89. The first-order valence-electron chi connectivity index (χ1n) is 9.79. The molecule has 0 spiro atoms. The molecule has 0 aromatic carbocycles. The molecule has 3 N–H and O–H groups in total. The van der Waals surface area contributed by atoms with Crippen molar-refractivity contribution in [2.75, 3.05) is 32.7 Å². The summed E-state index contributed by atoms with van der Waals surface area (Å²) in [7, 11) is 0. The lowest BCUT2D eigenvalue weighted by Gasteiger charge is -2.32. The molecule has 1 saturated carbocycles. The van der Waals surface area contributed by atoms with Crippen LogP contribution in [-0.2, 0) is 4.79 Å². The van der Waals surface area contributed by atoms with E-state index in [0.29, 0.717) is 32.1 Å². The van der Waals surface area contributed by atoms with Gasteiger partial charge in [0, 0.05) is 6.04 Å². The fourth-order valence-corrected chi connectivity index (χ4v) is 4.58. The van der Waals surface area contributed by atoms with E-state index in [-0.39, 0.29) is 30.4 Å². The van der Waals surface area contributed by atoms with Gasteiger partial charge in [-0.2, -0.15) is 0 Å². The maximum atomic E-state index is 12.3. The molecule has 1 aliphatic carbocycles. The van der Waals surface area contributed by atoms with Gasteiger partial charge in [0.1, 0.15) is 0 Å². The maximum Gasteiger partial charge on any atom is 0.321 e. The van der Waals surface area contributed by atoms with E-state index < -0.39 is 0 Å². The van der Waals surface area contributed by atoms with E-state index in [9.17, 15) is 14.4 Å². The molecule has 2 fully saturated rings. The molecule has 2 atom stereocenters. The van der Waals surface area contributed by atoms with Gasteiger partial charge in [0.15, 0.2) is 6.54 Å². The van der Waals surface area contributed by atoms with Crippen LogP contribution in [0.4, 0.5) is 4.79 Å². The molecule has 1 aromatic heterocycles. The largest absolute Gasteiger partial charge is 0.335 e. The number of nitrogens with one attached hydrogen (secondary N) is 3. The van der Waals surface area contributed by atoms with E-state index in [1.165, 1.54) is 17.8 Å². The van der Waals surface area contributed by atoms with Crippen LogP contribution in [0.3, 0.4) is 0 Å². The lowest BCUT2D eigenvalue weighted by molar-refractivity contribution is -0.895. The summed E-state index contributed by atoms with van der Waals surface area (Å²) >= 11 is 1.45. The van der Waals surface area contributed by atoms with E-state index in [0.717, 1.165) is 29.0 Å². The quantitative estimate of drug-likeness (QED) is 0.696. The second-order valence-corrected chi connectivity index (χ2v) is 8.53. The van der Waals surface area contributed by atoms with Crippen LogP contribution in [0.25, 0.3) is 0 Å². The summed E-state index contributed by atoms with van der Waals surface area (Å²) in [6.45, 7) is 5.09. The normalized spacial score (nSPS) is 23.7. The standard InChI is InChI=1S/C19H28N4O3S/c1-14-5-2-3-6-15(14)20-19(26)21-17(24)13-22-8-10-23(11-9-22)18(25)16-7-4-12-27-16/h4,7,12,14-15H,2-3,5-6,8-11,13H2,1H3,(H2,20,21,24,26)/p+1/t14-,15-/m0/s1. The second kappa shape index (κ2) is 9.32. The summed E-state index contributed by atoms with van der Waals surface area (Å²) in [4.78, 5) is 40.3. The Bertz CT molecular complexity index is 656. The Morgan fingerprint density at radius 2 is 1.96 bits per heavy atom. The number of imide groups is 1. The van der Waals surface area contributed by atoms with Crippen molar-refractivity contribution in [2.45, 2.75) is 38.6 Å². The lowest BCUT2D eigenvalue weighted by atomic mass is 9.86. The summed E-state index contributed by atoms with van der Waals surface area (Å²) in [6, 6.07) is 3.49. The number of carbonyl (C=O) groups excluding carboxylic acids is 3. The van der Waals surface area contributed by atoms with Gasteiger partial charge in [-0.15, -0.1) is 11.3 Å². The van der Waals surface area contributed by atoms with Gasteiger partial charge in [0.25, 0.3) is 11.8 Å². The summed E-state index contributed by atoms with van der Waals surface area (Å²) in [6.07, 6.45) is 4.44. The van der Waals surface area contributed by atoms with Crippen LogP contribution in [0.5, 0.6) is 0 Å². The average Bonchev–Trinajstić information content (AvgIpc) is 3.18. The van der Waals surface area contributed by atoms with Gasteiger partial charge in [-0.3, -0.25) is 14.9 Å². The Labute approximate surface area is 164 Å². The van der Waals surface area contributed by atoms with E-state index in [1.807, 2.05) is 22.4 Å². The summed E-state index contributed by atoms with van der Waals surface area (Å²) in [5, 5.41) is 7.31. The lowest BCUT2D eigenvalue weighted by Crippen LogP contribution is -3.15. The first-order chi connectivity index (χ1) is 13.0. The minimum absolute atomic E-state index is 0.0643. The van der Waals surface area contributed by atoms with Crippen LogP contribution < -0.4 is 15.5 Å². The Balaban J connectivity index is 1.37. The van der Waals surface area contributed by atoms with Crippen molar-refractivity contribution in [1.82, 2.24) is 15.5 Å². The van der Waals surface area contributed by atoms with Gasteiger partial charge in [-0.1, -0.05) is 25.8 Å². The number of rotatable bonds is 4. The minimum atomic E-state index is -0.385. The molecule has 148 valence electrons. The number of urea groups is 1. The molecule has 0 radical (unpaired) electrons. The molecule has 8 heteroatoms. The third kappa shape index (κ3) is 5.52. The van der Waals surface area contributed by atoms with Crippen LogP contribution in [0.2, 0.25) is 0 Å². The smallest absolute Gasteiger partial charge is 0.321 e. The number of hydrogen-bond acceptors (Lipinski definition) is 4. The molecular formula is C19H29N4O3S+. The number of hydrogen-bond donors (Lipinski definition) is 3. The molecule has 2 aliphatic rings. The third-order valence-corrected chi connectivity index (χ3v) is 6.44. The van der Waals surface area contributed by atoms with Crippen molar-refractivity contribution >= 4 is 29.2 Å². The first-order valence-corrected chi connectivity index (χ1v) is 10.7. The van der Waals surface area contributed by atoms with Crippen molar-refractivity contribution in [2.24, 2.45) is 5.92 Å². The maximum absolute atomic E-state index is 12.3. The Hall–Kier alpha value is -1.93. The van der Waals surface area contributed by atoms with Crippen molar-refractivity contribution in [1.29, 1.82) is 0 Å². The molecule has 1 aromatic rings. The summed E-state index contributed by atoms with van der Waals surface area (Å²) < 4.78 is 0. The van der Waals surface area contributed by atoms with Crippen LogP contribution in [0.15, 0.2) is 17.5 Å².